The molecule has 2 nitrogen and oxygen atoms in total. The SMILES string of the molecule is COc1ccccc1.Cn1cccc1. The fraction of sp³-hybridized carbons (Fsp3) is 0.167. The van der Waals surface area contributed by atoms with E-state index in [0.717, 1.165) is 5.75 Å². The first kappa shape index (κ1) is 10.4. The van der Waals surface area contributed by atoms with Crippen molar-refractivity contribution in [3.8, 4) is 5.75 Å². The van der Waals surface area contributed by atoms with Crippen molar-refractivity contribution in [2.45, 2.75) is 0 Å². The van der Waals surface area contributed by atoms with Crippen molar-refractivity contribution in [1.82, 2.24) is 4.57 Å². The highest BCUT2D eigenvalue weighted by Gasteiger charge is 1.80. The smallest absolute Gasteiger partial charge is 0.118 e. The number of hydrogen-bond acceptors (Lipinski definition) is 1. The van der Waals surface area contributed by atoms with Crippen molar-refractivity contribution >= 4 is 0 Å². The van der Waals surface area contributed by atoms with E-state index in [1.54, 1.807) is 7.11 Å². The summed E-state index contributed by atoms with van der Waals surface area (Å²) < 4.78 is 6.91. The van der Waals surface area contributed by atoms with E-state index in [1.165, 1.54) is 0 Å². The lowest BCUT2D eigenvalue weighted by Gasteiger charge is -1.93. The predicted octanol–water partition coefficient (Wildman–Crippen LogP) is 2.72. The van der Waals surface area contributed by atoms with Gasteiger partial charge in [0.05, 0.1) is 7.11 Å². The molecular formula is C12H15NO. The quantitative estimate of drug-likeness (QED) is 0.672. The molecule has 1 heterocycles. The number of aryl methyl sites for hydroxylation is 1. The van der Waals surface area contributed by atoms with Crippen LogP contribution in [0.3, 0.4) is 0 Å². The molecule has 2 aromatic rings. The fourth-order valence-corrected chi connectivity index (χ4v) is 0.977. The Bertz CT molecular complexity index is 326. The molecule has 0 bridgehead atoms. The third-order valence-corrected chi connectivity index (χ3v) is 1.73. The van der Waals surface area contributed by atoms with Gasteiger partial charge in [-0.3, -0.25) is 0 Å². The minimum atomic E-state index is 0.910. The Kier molecular flexibility index (Phi) is 4.35. The van der Waals surface area contributed by atoms with Gasteiger partial charge < -0.3 is 9.30 Å². The van der Waals surface area contributed by atoms with Gasteiger partial charge >= 0.3 is 0 Å². The summed E-state index contributed by atoms with van der Waals surface area (Å²) in [4.78, 5) is 0. The van der Waals surface area contributed by atoms with Gasteiger partial charge in [0.15, 0.2) is 0 Å². The van der Waals surface area contributed by atoms with Gasteiger partial charge in [0.1, 0.15) is 5.75 Å². The Labute approximate surface area is 84.8 Å². The van der Waals surface area contributed by atoms with Crippen LogP contribution >= 0.6 is 0 Å². The summed E-state index contributed by atoms with van der Waals surface area (Å²) in [5, 5.41) is 0. The van der Waals surface area contributed by atoms with Crippen LogP contribution in [0.25, 0.3) is 0 Å². The zero-order valence-electron chi connectivity index (χ0n) is 8.55. The second-order valence-corrected chi connectivity index (χ2v) is 2.87. The Morgan fingerprint density at radius 1 is 0.929 bits per heavy atom. The zero-order chi connectivity index (χ0) is 10.2. The molecule has 0 atom stereocenters. The molecule has 0 radical (unpaired) electrons. The molecule has 0 N–H and O–H groups in total. The molecule has 0 saturated heterocycles. The van der Waals surface area contributed by atoms with Gasteiger partial charge in [-0.15, -0.1) is 0 Å². The zero-order valence-corrected chi connectivity index (χ0v) is 8.55. The Hall–Kier alpha value is -1.70. The average Bonchev–Trinajstić information content (AvgIpc) is 2.71. The summed E-state index contributed by atoms with van der Waals surface area (Å²) in [6.45, 7) is 0. The molecule has 0 fully saturated rings. The van der Waals surface area contributed by atoms with Crippen LogP contribution < -0.4 is 4.74 Å². The topological polar surface area (TPSA) is 14.2 Å². The number of para-hydroxylation sites is 1. The van der Waals surface area contributed by atoms with Crippen LogP contribution in [0.2, 0.25) is 0 Å². The molecule has 0 aliphatic rings. The summed E-state index contributed by atoms with van der Waals surface area (Å²) in [5.74, 6) is 0.910. The van der Waals surface area contributed by atoms with Crippen molar-refractivity contribution in [3.05, 3.63) is 54.9 Å². The first-order chi connectivity index (χ1) is 6.83. The molecule has 0 aliphatic heterocycles. The van der Waals surface area contributed by atoms with E-state index in [2.05, 4.69) is 0 Å². The molecule has 0 spiro atoms. The lowest BCUT2D eigenvalue weighted by molar-refractivity contribution is 0.415. The fourth-order valence-electron chi connectivity index (χ4n) is 0.977. The Balaban J connectivity index is 0.000000146. The van der Waals surface area contributed by atoms with E-state index in [1.807, 2.05) is 66.5 Å². The van der Waals surface area contributed by atoms with Crippen LogP contribution in [0.5, 0.6) is 5.75 Å². The standard InChI is InChI=1S/C7H8O.C5H7N/c1-8-7-5-3-2-4-6-7;1-6-4-2-3-5-6/h2-6H,1H3;2-5H,1H3. The molecule has 0 amide bonds. The molecule has 2 heteroatoms. The molecule has 0 saturated carbocycles. The van der Waals surface area contributed by atoms with Gasteiger partial charge in [-0.2, -0.15) is 0 Å². The number of nitrogens with zero attached hydrogens (tertiary/aromatic N) is 1. The molecule has 1 aromatic heterocycles. The van der Waals surface area contributed by atoms with Gasteiger partial charge in [0, 0.05) is 19.4 Å². The molecule has 74 valence electrons. The van der Waals surface area contributed by atoms with Crippen LogP contribution in [0, 0.1) is 0 Å². The number of methoxy groups -OCH3 is 1. The summed E-state index contributed by atoms with van der Waals surface area (Å²) in [6, 6.07) is 13.7. The van der Waals surface area contributed by atoms with Gasteiger partial charge in [-0.1, -0.05) is 18.2 Å². The summed E-state index contributed by atoms with van der Waals surface area (Å²) in [5.41, 5.74) is 0. The van der Waals surface area contributed by atoms with E-state index < -0.39 is 0 Å². The predicted molar refractivity (Wildman–Crippen MR) is 58.4 cm³/mol. The summed E-state index contributed by atoms with van der Waals surface area (Å²) in [7, 11) is 3.66. The average molecular weight is 189 g/mol. The highest BCUT2D eigenvalue weighted by molar-refractivity contribution is 5.20. The van der Waals surface area contributed by atoms with Crippen molar-refractivity contribution in [2.24, 2.45) is 7.05 Å². The molecule has 0 unspecified atom stereocenters. The van der Waals surface area contributed by atoms with Gasteiger partial charge in [-0.05, 0) is 24.3 Å². The van der Waals surface area contributed by atoms with Crippen LogP contribution in [-0.2, 0) is 7.05 Å². The summed E-state index contributed by atoms with van der Waals surface area (Å²) >= 11 is 0. The lowest BCUT2D eigenvalue weighted by atomic mass is 10.3. The second kappa shape index (κ2) is 5.86. The minimum Gasteiger partial charge on any atom is -0.497 e. The maximum absolute atomic E-state index is 4.91. The normalized spacial score (nSPS) is 8.71. The van der Waals surface area contributed by atoms with Crippen molar-refractivity contribution in [3.63, 3.8) is 0 Å². The highest BCUT2D eigenvalue weighted by Crippen LogP contribution is 2.05. The van der Waals surface area contributed by atoms with E-state index in [9.17, 15) is 0 Å². The van der Waals surface area contributed by atoms with E-state index in [0.29, 0.717) is 0 Å². The second-order valence-electron chi connectivity index (χ2n) is 2.87. The van der Waals surface area contributed by atoms with Crippen LogP contribution in [-0.4, -0.2) is 11.7 Å². The molecular weight excluding hydrogens is 174 g/mol. The number of ether oxygens (including phenoxy) is 1. The number of aromatic nitrogens is 1. The number of hydrogen-bond donors (Lipinski definition) is 0. The highest BCUT2D eigenvalue weighted by atomic mass is 16.5. The third-order valence-electron chi connectivity index (χ3n) is 1.73. The third kappa shape index (κ3) is 3.81. The number of benzene rings is 1. The maximum Gasteiger partial charge on any atom is 0.118 e. The lowest BCUT2D eigenvalue weighted by Crippen LogP contribution is -1.78. The Morgan fingerprint density at radius 3 is 1.79 bits per heavy atom. The van der Waals surface area contributed by atoms with Gasteiger partial charge in [0.2, 0.25) is 0 Å². The van der Waals surface area contributed by atoms with Crippen molar-refractivity contribution in [1.29, 1.82) is 0 Å². The van der Waals surface area contributed by atoms with Crippen molar-refractivity contribution < 1.29 is 4.74 Å². The maximum atomic E-state index is 4.91. The van der Waals surface area contributed by atoms with E-state index in [4.69, 9.17) is 4.74 Å². The van der Waals surface area contributed by atoms with E-state index >= 15 is 0 Å². The largest absolute Gasteiger partial charge is 0.497 e. The molecule has 14 heavy (non-hydrogen) atoms. The molecule has 0 aliphatic carbocycles. The van der Waals surface area contributed by atoms with Gasteiger partial charge in [-0.25, -0.2) is 0 Å². The van der Waals surface area contributed by atoms with Gasteiger partial charge in [0.25, 0.3) is 0 Å². The molecule has 2 rings (SSSR count). The van der Waals surface area contributed by atoms with Crippen LogP contribution in [0.1, 0.15) is 0 Å². The van der Waals surface area contributed by atoms with Crippen molar-refractivity contribution in [2.75, 3.05) is 7.11 Å². The summed E-state index contributed by atoms with van der Waals surface area (Å²) in [6.07, 6.45) is 4.00. The molecule has 1 aromatic carbocycles. The first-order valence-corrected chi connectivity index (χ1v) is 4.49. The minimum absolute atomic E-state index is 0.910. The Morgan fingerprint density at radius 2 is 1.50 bits per heavy atom. The number of rotatable bonds is 1. The monoisotopic (exact) mass is 189 g/mol. The van der Waals surface area contributed by atoms with Crippen LogP contribution in [0.4, 0.5) is 0 Å². The first-order valence-electron chi connectivity index (χ1n) is 4.49. The van der Waals surface area contributed by atoms with E-state index in [-0.39, 0.29) is 0 Å². The van der Waals surface area contributed by atoms with Crippen LogP contribution in [0.15, 0.2) is 54.9 Å².